The minimum Gasteiger partial charge on any atom is -0.444 e. The maximum Gasteiger partial charge on any atom is 0.410 e. The standard InChI is InChI=1S/C14H20BrN3O2/c1-14(2,3)20-13(19)18-5-4-16-9-12(18)10-6-11(15)8-17-7-10/h6-8,12,16H,4-5,9H2,1-3H3. The number of carbonyl (C=O) groups excluding carboxylic acids is 1. The molecular formula is C14H20BrN3O2. The first-order valence-corrected chi connectivity index (χ1v) is 7.47. The zero-order chi connectivity index (χ0) is 14.8. The molecule has 110 valence electrons. The van der Waals surface area contributed by atoms with Crippen molar-refractivity contribution in [1.29, 1.82) is 0 Å². The molecule has 5 nitrogen and oxygen atoms in total. The highest BCUT2D eigenvalue weighted by atomic mass is 79.9. The Morgan fingerprint density at radius 1 is 1.50 bits per heavy atom. The highest BCUT2D eigenvalue weighted by Gasteiger charge is 2.31. The molecule has 1 unspecified atom stereocenters. The summed E-state index contributed by atoms with van der Waals surface area (Å²) in [5.74, 6) is 0. The Morgan fingerprint density at radius 2 is 2.25 bits per heavy atom. The molecule has 2 heterocycles. The van der Waals surface area contributed by atoms with Gasteiger partial charge < -0.3 is 10.1 Å². The lowest BCUT2D eigenvalue weighted by molar-refractivity contribution is 0.0117. The summed E-state index contributed by atoms with van der Waals surface area (Å²) in [4.78, 5) is 18.3. The van der Waals surface area contributed by atoms with Crippen molar-refractivity contribution in [3.8, 4) is 0 Å². The maximum atomic E-state index is 12.3. The molecule has 2 rings (SSSR count). The molecule has 0 spiro atoms. The molecule has 20 heavy (non-hydrogen) atoms. The van der Waals surface area contributed by atoms with Gasteiger partial charge in [-0.2, -0.15) is 0 Å². The van der Waals surface area contributed by atoms with Crippen molar-refractivity contribution >= 4 is 22.0 Å². The van der Waals surface area contributed by atoms with Crippen LogP contribution in [0.5, 0.6) is 0 Å². The van der Waals surface area contributed by atoms with Gasteiger partial charge >= 0.3 is 6.09 Å². The van der Waals surface area contributed by atoms with E-state index >= 15 is 0 Å². The Bertz CT molecular complexity index is 488. The topological polar surface area (TPSA) is 54.5 Å². The van der Waals surface area contributed by atoms with Gasteiger partial charge in [-0.1, -0.05) is 0 Å². The van der Waals surface area contributed by atoms with Gasteiger partial charge in [0.1, 0.15) is 5.60 Å². The second kappa shape index (κ2) is 6.10. The molecule has 1 aromatic rings. The number of halogens is 1. The van der Waals surface area contributed by atoms with Crippen LogP contribution in [-0.2, 0) is 4.74 Å². The number of pyridine rings is 1. The van der Waals surface area contributed by atoms with E-state index in [4.69, 9.17) is 4.74 Å². The molecule has 0 saturated carbocycles. The van der Waals surface area contributed by atoms with Gasteiger partial charge in [-0.25, -0.2) is 4.79 Å². The van der Waals surface area contributed by atoms with Crippen LogP contribution in [0.2, 0.25) is 0 Å². The van der Waals surface area contributed by atoms with Gasteiger partial charge in [0.25, 0.3) is 0 Å². The monoisotopic (exact) mass is 341 g/mol. The summed E-state index contributed by atoms with van der Waals surface area (Å²) in [5.41, 5.74) is 0.514. The Hall–Kier alpha value is -1.14. The maximum absolute atomic E-state index is 12.3. The van der Waals surface area contributed by atoms with Crippen molar-refractivity contribution in [2.75, 3.05) is 19.6 Å². The average Bonchev–Trinajstić information content (AvgIpc) is 2.37. The number of carbonyl (C=O) groups is 1. The number of rotatable bonds is 1. The third kappa shape index (κ3) is 3.93. The predicted octanol–water partition coefficient (Wildman–Crippen LogP) is 2.73. The van der Waals surface area contributed by atoms with Crippen LogP contribution < -0.4 is 5.32 Å². The molecule has 1 atom stereocenters. The van der Waals surface area contributed by atoms with E-state index in [0.717, 1.165) is 16.6 Å². The fraction of sp³-hybridized carbons (Fsp3) is 0.571. The fourth-order valence-electron chi connectivity index (χ4n) is 2.15. The Labute approximate surface area is 127 Å². The summed E-state index contributed by atoms with van der Waals surface area (Å²) in [6.07, 6.45) is 3.25. The van der Waals surface area contributed by atoms with Gasteiger partial charge in [-0.3, -0.25) is 9.88 Å². The molecule has 0 aromatic carbocycles. The number of aromatic nitrogens is 1. The lowest BCUT2D eigenvalue weighted by Crippen LogP contribution is -2.50. The highest BCUT2D eigenvalue weighted by Crippen LogP contribution is 2.25. The molecule has 1 fully saturated rings. The van der Waals surface area contributed by atoms with E-state index in [2.05, 4.69) is 26.2 Å². The number of hydrogen-bond donors (Lipinski definition) is 1. The van der Waals surface area contributed by atoms with Gasteiger partial charge in [-0.05, 0) is 48.3 Å². The van der Waals surface area contributed by atoms with Crippen LogP contribution in [0.4, 0.5) is 4.79 Å². The largest absolute Gasteiger partial charge is 0.444 e. The summed E-state index contributed by atoms with van der Waals surface area (Å²) < 4.78 is 6.39. The van der Waals surface area contributed by atoms with E-state index in [1.54, 1.807) is 17.3 Å². The number of nitrogens with zero attached hydrogens (tertiary/aromatic N) is 2. The van der Waals surface area contributed by atoms with E-state index < -0.39 is 5.60 Å². The first-order valence-electron chi connectivity index (χ1n) is 6.67. The molecule has 1 saturated heterocycles. The average molecular weight is 342 g/mol. The first kappa shape index (κ1) is 15.3. The van der Waals surface area contributed by atoms with E-state index in [1.165, 1.54) is 0 Å². The molecule has 0 radical (unpaired) electrons. The van der Waals surface area contributed by atoms with Gasteiger partial charge in [0, 0.05) is 36.5 Å². The van der Waals surface area contributed by atoms with Gasteiger partial charge in [0.15, 0.2) is 0 Å². The smallest absolute Gasteiger partial charge is 0.410 e. The molecule has 1 aromatic heterocycles. The Kier molecular flexibility index (Phi) is 4.65. The molecule has 1 aliphatic rings. The lowest BCUT2D eigenvalue weighted by atomic mass is 10.1. The Morgan fingerprint density at radius 3 is 2.90 bits per heavy atom. The van der Waals surface area contributed by atoms with Crippen molar-refractivity contribution in [2.24, 2.45) is 0 Å². The van der Waals surface area contributed by atoms with E-state index in [0.29, 0.717) is 13.1 Å². The van der Waals surface area contributed by atoms with Crippen LogP contribution >= 0.6 is 15.9 Å². The molecule has 1 N–H and O–H groups in total. The number of piperazine rings is 1. The molecule has 0 aliphatic carbocycles. The van der Waals surface area contributed by atoms with E-state index in [1.807, 2.05) is 26.8 Å². The second-order valence-corrected chi connectivity index (χ2v) is 6.75. The van der Waals surface area contributed by atoms with Crippen LogP contribution in [0.3, 0.4) is 0 Å². The number of nitrogens with one attached hydrogen (secondary N) is 1. The van der Waals surface area contributed by atoms with E-state index in [-0.39, 0.29) is 12.1 Å². The summed E-state index contributed by atoms with van der Waals surface area (Å²) in [5, 5.41) is 3.31. The molecule has 1 aliphatic heterocycles. The van der Waals surface area contributed by atoms with Gasteiger partial charge in [0.05, 0.1) is 6.04 Å². The zero-order valence-corrected chi connectivity index (χ0v) is 13.6. The summed E-state index contributed by atoms with van der Waals surface area (Å²) in [6.45, 7) is 7.74. The van der Waals surface area contributed by atoms with Crippen LogP contribution in [0, 0.1) is 0 Å². The minimum atomic E-state index is -0.484. The van der Waals surface area contributed by atoms with Crippen molar-refractivity contribution < 1.29 is 9.53 Å². The third-order valence-electron chi connectivity index (χ3n) is 2.98. The quantitative estimate of drug-likeness (QED) is 0.853. The third-order valence-corrected chi connectivity index (χ3v) is 3.42. The summed E-state index contributed by atoms with van der Waals surface area (Å²) in [7, 11) is 0. The number of amides is 1. The fourth-order valence-corrected chi connectivity index (χ4v) is 2.53. The van der Waals surface area contributed by atoms with Crippen LogP contribution in [0.1, 0.15) is 32.4 Å². The Balaban J connectivity index is 2.19. The molecular weight excluding hydrogens is 322 g/mol. The molecule has 1 amide bonds. The number of ether oxygens (including phenoxy) is 1. The predicted molar refractivity (Wildman–Crippen MR) is 80.5 cm³/mol. The summed E-state index contributed by atoms with van der Waals surface area (Å²) in [6, 6.07) is 1.94. The number of hydrogen-bond acceptors (Lipinski definition) is 4. The minimum absolute atomic E-state index is 0.0522. The first-order chi connectivity index (χ1) is 9.37. The normalized spacial score (nSPS) is 19.8. The molecule has 6 heteroatoms. The molecule has 0 bridgehead atoms. The van der Waals surface area contributed by atoms with Crippen LogP contribution in [0.25, 0.3) is 0 Å². The zero-order valence-electron chi connectivity index (χ0n) is 12.0. The van der Waals surface area contributed by atoms with Gasteiger partial charge in [-0.15, -0.1) is 0 Å². The van der Waals surface area contributed by atoms with E-state index in [9.17, 15) is 4.79 Å². The van der Waals surface area contributed by atoms with Crippen molar-refractivity contribution in [3.05, 3.63) is 28.5 Å². The van der Waals surface area contributed by atoms with Gasteiger partial charge in [0.2, 0.25) is 0 Å². The van der Waals surface area contributed by atoms with Crippen molar-refractivity contribution in [3.63, 3.8) is 0 Å². The van der Waals surface area contributed by atoms with Crippen molar-refractivity contribution in [2.45, 2.75) is 32.4 Å². The highest BCUT2D eigenvalue weighted by molar-refractivity contribution is 9.10. The summed E-state index contributed by atoms with van der Waals surface area (Å²) >= 11 is 3.42. The van der Waals surface area contributed by atoms with Crippen LogP contribution in [-0.4, -0.2) is 41.2 Å². The second-order valence-electron chi connectivity index (χ2n) is 5.83. The van der Waals surface area contributed by atoms with Crippen molar-refractivity contribution in [1.82, 2.24) is 15.2 Å². The lowest BCUT2D eigenvalue weighted by Gasteiger charge is -2.37. The van der Waals surface area contributed by atoms with Crippen LogP contribution in [0.15, 0.2) is 22.9 Å². The SMILES string of the molecule is CC(C)(C)OC(=O)N1CCNCC1c1cncc(Br)c1.